The number of ether oxygens (including phenoxy) is 7. The summed E-state index contributed by atoms with van der Waals surface area (Å²) in [4.78, 5) is 47.0. The Kier molecular flexibility index (Phi) is 27.3. The van der Waals surface area contributed by atoms with Gasteiger partial charge in [-0.3, -0.25) is 14.7 Å². The second-order valence-corrected chi connectivity index (χ2v) is 10.3. The molecule has 3 N–H and O–H groups in total. The highest BCUT2D eigenvalue weighted by Gasteiger charge is 2.16. The number of hydrogen-bond donors (Lipinski definition) is 3. The van der Waals surface area contributed by atoms with Crippen LogP contribution in [0.4, 0.5) is 9.59 Å². The lowest BCUT2D eigenvalue weighted by molar-refractivity contribution is -0.223. The van der Waals surface area contributed by atoms with Gasteiger partial charge >= 0.3 is 12.2 Å². The van der Waals surface area contributed by atoms with Crippen molar-refractivity contribution in [1.29, 1.82) is 0 Å². The molecule has 0 bridgehead atoms. The first-order valence-corrected chi connectivity index (χ1v) is 15.5. The summed E-state index contributed by atoms with van der Waals surface area (Å²) < 4.78 is 56.0. The van der Waals surface area contributed by atoms with E-state index in [-0.39, 0.29) is 58.6 Å². The molecule has 0 radical (unpaired) electrons. The smallest absolute Gasteiger partial charge is 0.409 e. The average Bonchev–Trinajstić information content (AvgIpc) is 2.99. The minimum absolute atomic E-state index is 0.0565. The molecular weight excluding hydrogens is 597 g/mol. The summed E-state index contributed by atoms with van der Waals surface area (Å²) >= 11 is 0. The number of methoxy groups -OCH3 is 2. The van der Waals surface area contributed by atoms with Crippen LogP contribution in [-0.2, 0) is 51.6 Å². The van der Waals surface area contributed by atoms with Gasteiger partial charge in [0.1, 0.15) is 26.0 Å². The molecule has 0 saturated carbocycles. The Morgan fingerprint density at radius 3 is 2.02 bits per heavy atom. The number of alkyl carbamates (subject to hydrolysis) is 2. The van der Waals surface area contributed by atoms with Crippen molar-refractivity contribution in [2.75, 3.05) is 101 Å². The van der Waals surface area contributed by atoms with Crippen molar-refractivity contribution >= 4 is 25.9 Å². The van der Waals surface area contributed by atoms with Crippen LogP contribution in [0.3, 0.4) is 0 Å². The van der Waals surface area contributed by atoms with Crippen LogP contribution in [0, 0.1) is 0 Å². The Morgan fingerprint density at radius 1 is 0.698 bits per heavy atom. The monoisotopic (exact) mass is 646 g/mol. The summed E-state index contributed by atoms with van der Waals surface area (Å²) in [5, 5.41) is 7.76. The highest BCUT2D eigenvalue weighted by atomic mass is 31.2. The summed E-state index contributed by atoms with van der Waals surface area (Å²) in [7, 11) is -0.0506. The summed E-state index contributed by atoms with van der Waals surface area (Å²) in [6.07, 6.45) is 1.24. The summed E-state index contributed by atoms with van der Waals surface area (Å²) in [5.74, 6) is -0.150. The number of rotatable bonds is 29. The Hall–Kier alpha value is -2.08. The molecule has 0 aliphatic heterocycles. The number of phosphoric ester groups is 1. The van der Waals surface area contributed by atoms with E-state index in [9.17, 15) is 23.8 Å². The third-order valence-electron chi connectivity index (χ3n) is 5.27. The molecule has 254 valence electrons. The van der Waals surface area contributed by atoms with Gasteiger partial charge in [-0.1, -0.05) is 12.8 Å². The van der Waals surface area contributed by atoms with E-state index < -0.39 is 26.1 Å². The maximum absolute atomic E-state index is 12.1. The maximum Gasteiger partial charge on any atom is 0.409 e. The molecule has 2 unspecified atom stereocenters. The zero-order chi connectivity index (χ0) is 32.0. The highest BCUT2D eigenvalue weighted by Crippen LogP contribution is 2.36. The number of amides is 3. The molecule has 18 heteroatoms. The molecule has 0 fully saturated rings. The Morgan fingerprint density at radius 2 is 1.35 bits per heavy atom. The Bertz CT molecular complexity index is 765. The van der Waals surface area contributed by atoms with Crippen molar-refractivity contribution in [3.05, 3.63) is 0 Å². The van der Waals surface area contributed by atoms with Gasteiger partial charge < -0.3 is 57.7 Å². The van der Waals surface area contributed by atoms with Crippen LogP contribution in [0.1, 0.15) is 38.5 Å². The van der Waals surface area contributed by atoms with Gasteiger partial charge in [-0.05, 0) is 19.3 Å². The number of carbonyl (C=O) groups excluding carboxylic acids is 3. The van der Waals surface area contributed by atoms with E-state index in [1.807, 2.05) is 0 Å². The second kappa shape index (κ2) is 28.7. The van der Waals surface area contributed by atoms with Crippen LogP contribution < -0.4 is 20.8 Å². The zero-order valence-electron chi connectivity index (χ0n) is 25.5. The standard InChI is InChI=1S/C25H50N3O14P/c1-34-15-17-37-14-11-27-24(30)40-19-22(20-41-25(31)28-21-38-18-16-35-2)39-12-8-9-23(29)26-10-6-4-5-7-13-42-43(32,33)36-3/h22H,4-21H2,1-3H3,(H,26,29)(H,27,30)(H,28,31)(H,32,33)/p-1. The molecule has 3 amide bonds. The molecule has 0 heterocycles. The van der Waals surface area contributed by atoms with Crippen LogP contribution in [-0.4, -0.2) is 125 Å². The van der Waals surface area contributed by atoms with Crippen LogP contribution in [0.25, 0.3) is 0 Å². The van der Waals surface area contributed by atoms with Gasteiger partial charge in [-0.15, -0.1) is 0 Å². The first-order chi connectivity index (χ1) is 20.7. The molecular formula is C25H49N3O14P-. The highest BCUT2D eigenvalue weighted by molar-refractivity contribution is 7.45. The molecule has 43 heavy (non-hydrogen) atoms. The first-order valence-electron chi connectivity index (χ1n) is 14.1. The largest absolute Gasteiger partial charge is 0.756 e. The third-order valence-corrected chi connectivity index (χ3v) is 6.21. The molecule has 0 aliphatic carbocycles. The van der Waals surface area contributed by atoms with Crippen molar-refractivity contribution in [2.45, 2.75) is 44.6 Å². The van der Waals surface area contributed by atoms with Crippen LogP contribution in [0.15, 0.2) is 0 Å². The second-order valence-electron chi connectivity index (χ2n) is 8.77. The van der Waals surface area contributed by atoms with Crippen molar-refractivity contribution in [3.63, 3.8) is 0 Å². The summed E-state index contributed by atoms with van der Waals surface area (Å²) in [6.45, 7) is 2.29. The average molecular weight is 647 g/mol. The topological polar surface area (TPSA) is 210 Å². The number of phosphoric acid groups is 1. The lowest BCUT2D eigenvalue weighted by Gasteiger charge is -2.19. The van der Waals surface area contributed by atoms with E-state index in [1.165, 1.54) is 7.11 Å². The lowest BCUT2D eigenvalue weighted by Crippen LogP contribution is -2.35. The van der Waals surface area contributed by atoms with Gasteiger partial charge in [-0.2, -0.15) is 0 Å². The molecule has 0 aliphatic rings. The van der Waals surface area contributed by atoms with E-state index in [2.05, 4.69) is 25.0 Å². The van der Waals surface area contributed by atoms with E-state index in [1.54, 1.807) is 7.11 Å². The van der Waals surface area contributed by atoms with Gasteiger partial charge in [0.25, 0.3) is 7.82 Å². The fraction of sp³-hybridized carbons (Fsp3) is 0.880. The fourth-order valence-electron chi connectivity index (χ4n) is 2.99. The molecule has 2 atom stereocenters. The molecule has 0 saturated heterocycles. The predicted molar refractivity (Wildman–Crippen MR) is 150 cm³/mol. The summed E-state index contributed by atoms with van der Waals surface area (Å²) in [6, 6.07) is 0. The molecule has 0 aromatic heterocycles. The van der Waals surface area contributed by atoms with Crippen LogP contribution >= 0.6 is 7.82 Å². The van der Waals surface area contributed by atoms with Crippen LogP contribution in [0.2, 0.25) is 0 Å². The third kappa shape index (κ3) is 28.4. The van der Waals surface area contributed by atoms with Crippen molar-refractivity contribution in [1.82, 2.24) is 16.0 Å². The first kappa shape index (κ1) is 40.9. The van der Waals surface area contributed by atoms with E-state index >= 15 is 0 Å². The number of unbranched alkanes of at least 4 members (excludes halogenated alkanes) is 3. The van der Waals surface area contributed by atoms with Gasteiger partial charge in [0.15, 0.2) is 0 Å². The Balaban J connectivity index is 4.25. The van der Waals surface area contributed by atoms with Gasteiger partial charge in [0.05, 0.1) is 39.6 Å². The Labute approximate surface area is 253 Å². The quantitative estimate of drug-likeness (QED) is 0.0580. The van der Waals surface area contributed by atoms with Crippen molar-refractivity contribution < 1.29 is 66.0 Å². The molecule has 0 spiro atoms. The van der Waals surface area contributed by atoms with E-state index in [0.29, 0.717) is 45.8 Å². The molecule has 0 aromatic carbocycles. The van der Waals surface area contributed by atoms with Crippen molar-refractivity contribution in [3.8, 4) is 0 Å². The zero-order valence-corrected chi connectivity index (χ0v) is 26.4. The fourth-order valence-corrected chi connectivity index (χ4v) is 3.44. The molecule has 0 rings (SSSR count). The lowest BCUT2D eigenvalue weighted by atomic mass is 10.2. The van der Waals surface area contributed by atoms with E-state index in [4.69, 9.17) is 33.2 Å². The van der Waals surface area contributed by atoms with E-state index in [0.717, 1.165) is 26.4 Å². The SMILES string of the molecule is COCCOCCNC(=O)OCC(COC(=O)NCOCCOC)OCCCC(=O)NCCCCCCOP(=O)([O-])OC. The van der Waals surface area contributed by atoms with Gasteiger partial charge in [0, 0.05) is 47.4 Å². The number of nitrogens with one attached hydrogen (secondary N) is 3. The number of hydrogen-bond acceptors (Lipinski definition) is 14. The van der Waals surface area contributed by atoms with Gasteiger partial charge in [-0.25, -0.2) is 9.59 Å². The van der Waals surface area contributed by atoms with Crippen molar-refractivity contribution in [2.24, 2.45) is 0 Å². The summed E-state index contributed by atoms with van der Waals surface area (Å²) in [5.41, 5.74) is 0. The predicted octanol–water partition coefficient (Wildman–Crippen LogP) is 0.696. The van der Waals surface area contributed by atoms with Crippen LogP contribution in [0.5, 0.6) is 0 Å². The number of carbonyl (C=O) groups is 3. The molecule has 0 aromatic rings. The normalized spacial score (nSPS) is 13.1. The van der Waals surface area contributed by atoms with Gasteiger partial charge in [0.2, 0.25) is 5.91 Å². The maximum atomic E-state index is 12.1. The minimum Gasteiger partial charge on any atom is -0.756 e. The minimum atomic E-state index is -4.18. The molecule has 17 nitrogen and oxygen atoms in total.